The van der Waals surface area contributed by atoms with Crippen LogP contribution in [0.15, 0.2) is 54.6 Å². The van der Waals surface area contributed by atoms with Crippen LogP contribution in [0.3, 0.4) is 0 Å². The Morgan fingerprint density at radius 3 is 1.97 bits per heavy atom. The first-order chi connectivity index (χ1) is 15.4. The summed E-state index contributed by atoms with van der Waals surface area (Å²) in [6, 6.07) is 17.7. The molecule has 0 spiro atoms. The van der Waals surface area contributed by atoms with Crippen LogP contribution in [0.5, 0.6) is 11.5 Å². The predicted octanol–water partition coefficient (Wildman–Crippen LogP) is 4.84. The fourth-order valence-electron chi connectivity index (χ4n) is 4.02. The van der Waals surface area contributed by atoms with Crippen molar-refractivity contribution < 1.29 is 52.1 Å². The minimum absolute atomic E-state index is 0. The minimum atomic E-state index is -0.0857. The molecule has 3 aromatic carbocycles. The van der Waals surface area contributed by atoms with Crippen molar-refractivity contribution in [3.63, 3.8) is 0 Å². The Labute approximate surface area is 221 Å². The second-order valence-electron chi connectivity index (χ2n) is 8.08. The second kappa shape index (κ2) is 12.3. The zero-order valence-electron chi connectivity index (χ0n) is 19.9. The van der Waals surface area contributed by atoms with E-state index in [0.717, 1.165) is 38.9 Å². The molecular weight excluding hydrogens is 491 g/mol. The van der Waals surface area contributed by atoms with E-state index in [1.54, 1.807) is 14.2 Å². The zero-order valence-corrected chi connectivity index (χ0v) is 22.8. The van der Waals surface area contributed by atoms with Crippen molar-refractivity contribution in [1.82, 2.24) is 5.32 Å². The number of methoxy groups -OCH3 is 2. The molecule has 3 rings (SSSR count). The summed E-state index contributed by atoms with van der Waals surface area (Å²) < 4.78 is 11.1. The van der Waals surface area contributed by atoms with Gasteiger partial charge in [0.2, 0.25) is 0 Å². The summed E-state index contributed by atoms with van der Waals surface area (Å²) in [6.45, 7) is 5.85. The summed E-state index contributed by atoms with van der Waals surface area (Å²) in [4.78, 5) is 12.8. The molecule has 1 amide bonds. The number of hydrogen-bond acceptors (Lipinski definition) is 4. The Hall–Kier alpha value is -2.21. The smallest absolute Gasteiger partial charge is 0.252 e. The molecule has 5 nitrogen and oxygen atoms in total. The summed E-state index contributed by atoms with van der Waals surface area (Å²) in [6.07, 6.45) is 0.717. The summed E-state index contributed by atoms with van der Waals surface area (Å²) >= 11 is 0. The van der Waals surface area contributed by atoms with Gasteiger partial charge in [-0.05, 0) is 67.1 Å². The Balaban J connectivity index is 0.00000385. The molecule has 0 aliphatic carbocycles. The van der Waals surface area contributed by atoms with Crippen molar-refractivity contribution in [3.05, 3.63) is 82.4 Å². The van der Waals surface area contributed by atoms with Gasteiger partial charge in [0, 0.05) is 44.3 Å². The molecule has 1 atom stereocenters. The summed E-state index contributed by atoms with van der Waals surface area (Å²) in [7, 11) is 3.21. The van der Waals surface area contributed by atoms with E-state index in [-0.39, 0.29) is 51.3 Å². The first kappa shape index (κ1) is 27.0. The van der Waals surface area contributed by atoms with Gasteiger partial charge in [-0.3, -0.25) is 4.79 Å². The number of carbonyl (C=O) groups excluding carboxylic acids is 1. The number of aliphatic hydroxyl groups is 1. The van der Waals surface area contributed by atoms with Crippen molar-refractivity contribution in [1.29, 1.82) is 0 Å². The minimum Gasteiger partial charge on any atom is -0.496 e. The van der Waals surface area contributed by atoms with Gasteiger partial charge in [0.15, 0.2) is 0 Å². The molecule has 0 aromatic heterocycles. The number of nitrogens with one attached hydrogen (secondary N) is 1. The Morgan fingerprint density at radius 2 is 1.48 bits per heavy atom. The van der Waals surface area contributed by atoms with E-state index in [1.165, 1.54) is 0 Å². The number of rotatable bonds is 8. The number of hydrogen-bond donors (Lipinski definition) is 2. The van der Waals surface area contributed by atoms with E-state index in [4.69, 9.17) is 9.47 Å². The third-order valence-electron chi connectivity index (χ3n) is 5.62. The summed E-state index contributed by atoms with van der Waals surface area (Å²) in [5.41, 5.74) is 6.36. The van der Waals surface area contributed by atoms with Gasteiger partial charge in [0.25, 0.3) is 5.91 Å². The molecule has 0 unspecified atom stereocenters. The topological polar surface area (TPSA) is 67.8 Å². The van der Waals surface area contributed by atoms with E-state index >= 15 is 0 Å². The molecule has 0 saturated heterocycles. The Kier molecular flexibility index (Phi) is 10.1. The van der Waals surface area contributed by atoms with Crippen molar-refractivity contribution in [2.75, 3.05) is 14.2 Å². The molecule has 0 heterocycles. The van der Waals surface area contributed by atoms with Crippen LogP contribution in [0, 0.1) is 13.8 Å². The van der Waals surface area contributed by atoms with E-state index < -0.39 is 0 Å². The molecule has 0 fully saturated rings. The number of aliphatic hydroxyl groups excluding tert-OH is 1. The molecule has 2 N–H and O–H groups in total. The molecule has 0 aliphatic rings. The quantitative estimate of drug-likeness (QED) is 0.445. The maximum atomic E-state index is 12.8. The zero-order chi connectivity index (χ0) is 23.3. The molecule has 0 aliphatic heterocycles. The molecule has 3 aromatic rings. The second-order valence-corrected chi connectivity index (χ2v) is 8.08. The SMILES string of the molecule is COc1cc(CO)cc(OC)c1-c1ccc(C[C@@H](C)NC(=O)c2c(C)cccc2C)cc1.[Y]. The van der Waals surface area contributed by atoms with Crippen molar-refractivity contribution in [2.45, 2.75) is 39.8 Å². The van der Waals surface area contributed by atoms with E-state index in [0.29, 0.717) is 17.9 Å². The Bertz CT molecular complexity index is 1050. The molecule has 171 valence electrons. The van der Waals surface area contributed by atoms with Crippen LogP contribution in [0.25, 0.3) is 11.1 Å². The Morgan fingerprint density at radius 1 is 0.939 bits per heavy atom. The predicted molar refractivity (Wildman–Crippen MR) is 127 cm³/mol. The maximum absolute atomic E-state index is 12.8. The normalized spacial score (nSPS) is 11.3. The molecule has 1 radical (unpaired) electrons. The average Bonchev–Trinajstić information content (AvgIpc) is 2.78. The van der Waals surface area contributed by atoms with Crippen LogP contribution >= 0.6 is 0 Å². The van der Waals surface area contributed by atoms with Gasteiger partial charge < -0.3 is 19.9 Å². The van der Waals surface area contributed by atoms with Gasteiger partial charge in [-0.2, -0.15) is 0 Å². The number of benzene rings is 3. The van der Waals surface area contributed by atoms with Crippen LogP contribution in [-0.2, 0) is 45.7 Å². The fourth-order valence-corrected chi connectivity index (χ4v) is 4.02. The third-order valence-corrected chi connectivity index (χ3v) is 5.62. The molecule has 33 heavy (non-hydrogen) atoms. The van der Waals surface area contributed by atoms with E-state index in [2.05, 4.69) is 17.4 Å². The number of carbonyl (C=O) groups is 1. The first-order valence-electron chi connectivity index (χ1n) is 10.7. The summed E-state index contributed by atoms with van der Waals surface area (Å²) in [5, 5.41) is 12.6. The average molecular weight is 522 g/mol. The van der Waals surface area contributed by atoms with Crippen molar-refractivity contribution >= 4 is 5.91 Å². The monoisotopic (exact) mass is 522 g/mol. The summed E-state index contributed by atoms with van der Waals surface area (Å²) in [5.74, 6) is 1.26. The van der Waals surface area contributed by atoms with Crippen LogP contribution in [0.2, 0.25) is 0 Å². The largest absolute Gasteiger partial charge is 0.496 e. The first-order valence-corrected chi connectivity index (χ1v) is 10.7. The van der Waals surface area contributed by atoms with Gasteiger partial charge in [-0.25, -0.2) is 0 Å². The number of amides is 1. The van der Waals surface area contributed by atoms with Crippen LogP contribution in [-0.4, -0.2) is 31.3 Å². The van der Waals surface area contributed by atoms with Crippen LogP contribution in [0.1, 0.15) is 39.5 Å². The molecule has 6 heteroatoms. The van der Waals surface area contributed by atoms with E-state index in [9.17, 15) is 9.90 Å². The van der Waals surface area contributed by atoms with Gasteiger partial charge in [0.1, 0.15) is 11.5 Å². The van der Waals surface area contributed by atoms with Gasteiger partial charge >= 0.3 is 0 Å². The molecular formula is C27H31NO4Y. The van der Waals surface area contributed by atoms with Gasteiger partial charge in [-0.15, -0.1) is 0 Å². The van der Waals surface area contributed by atoms with E-state index in [1.807, 2.05) is 63.2 Å². The molecule has 0 saturated carbocycles. The number of ether oxygens (including phenoxy) is 2. The standard InChI is InChI=1S/C27H31NO4.Y/c1-17-7-6-8-18(2)25(17)27(30)28-19(3)13-20-9-11-22(12-10-20)26-23(31-4)14-21(16-29)15-24(26)32-5;/h6-12,14-15,19,29H,13,16H2,1-5H3,(H,28,30);/t19-;/m1./s1. The fraction of sp³-hybridized carbons (Fsp3) is 0.296. The third kappa shape index (κ3) is 6.44. The van der Waals surface area contributed by atoms with Crippen molar-refractivity contribution in [2.24, 2.45) is 0 Å². The van der Waals surface area contributed by atoms with Crippen molar-refractivity contribution in [3.8, 4) is 22.6 Å². The van der Waals surface area contributed by atoms with Gasteiger partial charge in [-0.1, -0.05) is 42.5 Å². The number of aryl methyl sites for hydroxylation is 2. The van der Waals surface area contributed by atoms with Gasteiger partial charge in [0.05, 0.1) is 26.4 Å². The maximum Gasteiger partial charge on any atom is 0.252 e. The molecule has 0 bridgehead atoms. The van der Waals surface area contributed by atoms with Crippen LogP contribution < -0.4 is 14.8 Å². The van der Waals surface area contributed by atoms with Crippen LogP contribution in [0.4, 0.5) is 0 Å².